The Hall–Kier alpha value is -2.96. The Kier molecular flexibility index (Phi) is 3.95. The molecule has 0 atom stereocenters. The van der Waals surface area contributed by atoms with Gasteiger partial charge in [-0.25, -0.2) is 4.98 Å². The molecule has 22 heavy (non-hydrogen) atoms. The van der Waals surface area contributed by atoms with E-state index in [4.69, 9.17) is 4.52 Å². The summed E-state index contributed by atoms with van der Waals surface area (Å²) in [6.45, 7) is 4.31. The van der Waals surface area contributed by atoms with E-state index in [2.05, 4.69) is 30.7 Å². The summed E-state index contributed by atoms with van der Waals surface area (Å²) in [6.07, 6.45) is 1.76. The Bertz CT molecular complexity index is 756. The van der Waals surface area contributed by atoms with Crippen LogP contribution in [0, 0.1) is 13.8 Å². The molecule has 0 radical (unpaired) electrons. The fourth-order valence-electron chi connectivity index (χ4n) is 1.94. The van der Waals surface area contributed by atoms with Crippen LogP contribution in [0.2, 0.25) is 0 Å². The maximum Gasteiger partial charge on any atom is 0.225 e. The number of rotatable bonds is 5. The van der Waals surface area contributed by atoms with Crippen molar-refractivity contribution in [1.29, 1.82) is 0 Å². The molecule has 3 aromatic heterocycles. The summed E-state index contributed by atoms with van der Waals surface area (Å²) >= 11 is 0. The molecule has 7 heteroatoms. The van der Waals surface area contributed by atoms with Gasteiger partial charge in [0.1, 0.15) is 11.6 Å². The second-order valence-corrected chi connectivity index (χ2v) is 4.84. The van der Waals surface area contributed by atoms with Crippen LogP contribution in [0.1, 0.15) is 17.1 Å². The van der Waals surface area contributed by atoms with E-state index in [1.54, 1.807) is 12.3 Å². The molecule has 0 unspecified atom stereocenters. The molecule has 0 saturated carbocycles. The minimum Gasteiger partial charge on any atom is -0.360 e. The zero-order chi connectivity index (χ0) is 15.4. The Morgan fingerprint density at radius 3 is 2.73 bits per heavy atom. The van der Waals surface area contributed by atoms with E-state index in [1.165, 1.54) is 0 Å². The number of hydrogen-bond acceptors (Lipinski definition) is 7. The van der Waals surface area contributed by atoms with E-state index in [0.717, 1.165) is 17.1 Å². The molecule has 7 nitrogen and oxygen atoms in total. The zero-order valence-corrected chi connectivity index (χ0v) is 12.4. The fourth-order valence-corrected chi connectivity index (χ4v) is 1.94. The van der Waals surface area contributed by atoms with Crippen molar-refractivity contribution in [2.75, 3.05) is 10.6 Å². The van der Waals surface area contributed by atoms with Gasteiger partial charge in [0, 0.05) is 24.0 Å². The summed E-state index contributed by atoms with van der Waals surface area (Å²) < 4.78 is 5.02. The average molecular weight is 296 g/mol. The lowest BCUT2D eigenvalue weighted by Gasteiger charge is -2.08. The molecule has 3 heterocycles. The number of hydrogen-bond donors (Lipinski definition) is 2. The Morgan fingerprint density at radius 1 is 1.09 bits per heavy atom. The van der Waals surface area contributed by atoms with Gasteiger partial charge >= 0.3 is 0 Å². The molecule has 0 aliphatic carbocycles. The van der Waals surface area contributed by atoms with Crippen molar-refractivity contribution in [3.8, 4) is 0 Å². The molecule has 3 aromatic rings. The lowest BCUT2D eigenvalue weighted by Crippen LogP contribution is -2.07. The first-order valence-electron chi connectivity index (χ1n) is 6.89. The SMILES string of the molecule is Cc1cc(Nc2cc(C)on2)nc(NCc2ccccn2)n1. The Morgan fingerprint density at radius 2 is 2.00 bits per heavy atom. The lowest BCUT2D eigenvalue weighted by molar-refractivity contribution is 0.400. The highest BCUT2D eigenvalue weighted by Gasteiger charge is 2.05. The third-order valence-electron chi connectivity index (χ3n) is 2.89. The standard InChI is InChI=1S/C15H16N6O/c1-10-7-13(19-14-8-11(2)22-21-14)20-15(18-10)17-9-12-5-3-4-6-16-12/h3-8H,9H2,1-2H3,(H2,17,18,19,20,21). The summed E-state index contributed by atoms with van der Waals surface area (Å²) in [4.78, 5) is 13.0. The minimum atomic E-state index is 0.536. The van der Waals surface area contributed by atoms with Crippen molar-refractivity contribution in [3.63, 3.8) is 0 Å². The molecule has 0 saturated heterocycles. The van der Waals surface area contributed by atoms with E-state index in [1.807, 2.05) is 38.1 Å². The number of nitrogens with zero attached hydrogens (tertiary/aromatic N) is 4. The van der Waals surface area contributed by atoms with Crippen molar-refractivity contribution >= 4 is 17.6 Å². The predicted molar refractivity (Wildman–Crippen MR) is 82.9 cm³/mol. The second-order valence-electron chi connectivity index (χ2n) is 4.84. The van der Waals surface area contributed by atoms with Crippen molar-refractivity contribution < 1.29 is 4.52 Å². The van der Waals surface area contributed by atoms with Gasteiger partial charge in [0.2, 0.25) is 5.95 Å². The predicted octanol–water partition coefficient (Wildman–Crippen LogP) is 2.83. The van der Waals surface area contributed by atoms with E-state index < -0.39 is 0 Å². The number of nitrogens with one attached hydrogen (secondary N) is 2. The van der Waals surface area contributed by atoms with Gasteiger partial charge in [0.05, 0.1) is 12.2 Å². The highest BCUT2D eigenvalue weighted by Crippen LogP contribution is 2.16. The summed E-state index contributed by atoms with van der Waals surface area (Å²) in [6, 6.07) is 9.42. The molecule has 0 fully saturated rings. The number of aromatic nitrogens is 4. The Balaban J connectivity index is 1.72. The fraction of sp³-hybridized carbons (Fsp3) is 0.200. The van der Waals surface area contributed by atoms with E-state index in [9.17, 15) is 0 Å². The van der Waals surface area contributed by atoms with Crippen molar-refractivity contribution in [1.82, 2.24) is 20.1 Å². The largest absolute Gasteiger partial charge is 0.360 e. The smallest absolute Gasteiger partial charge is 0.225 e. The first-order chi connectivity index (χ1) is 10.7. The van der Waals surface area contributed by atoms with Crippen LogP contribution < -0.4 is 10.6 Å². The number of pyridine rings is 1. The van der Waals surface area contributed by atoms with Crippen LogP contribution >= 0.6 is 0 Å². The van der Waals surface area contributed by atoms with E-state index in [0.29, 0.717) is 24.1 Å². The van der Waals surface area contributed by atoms with E-state index >= 15 is 0 Å². The molecule has 0 aromatic carbocycles. The van der Waals surface area contributed by atoms with Crippen LogP contribution in [-0.2, 0) is 6.54 Å². The third-order valence-corrected chi connectivity index (χ3v) is 2.89. The molecular weight excluding hydrogens is 280 g/mol. The van der Waals surface area contributed by atoms with Gasteiger partial charge in [-0.15, -0.1) is 0 Å². The van der Waals surface area contributed by atoms with Crippen molar-refractivity contribution in [2.24, 2.45) is 0 Å². The van der Waals surface area contributed by atoms with Crippen LogP contribution in [-0.4, -0.2) is 20.1 Å². The maximum atomic E-state index is 5.02. The summed E-state index contributed by atoms with van der Waals surface area (Å²) in [5.41, 5.74) is 1.77. The molecule has 0 amide bonds. The van der Waals surface area contributed by atoms with Gasteiger partial charge in [-0.1, -0.05) is 11.2 Å². The number of aryl methyl sites for hydroxylation is 2. The summed E-state index contributed by atoms with van der Waals surface area (Å²) in [5, 5.41) is 10.1. The molecule has 2 N–H and O–H groups in total. The second kappa shape index (κ2) is 6.21. The highest BCUT2D eigenvalue weighted by atomic mass is 16.5. The monoisotopic (exact) mass is 296 g/mol. The van der Waals surface area contributed by atoms with Crippen LogP contribution in [0.15, 0.2) is 41.1 Å². The van der Waals surface area contributed by atoms with Gasteiger partial charge in [-0.3, -0.25) is 4.98 Å². The normalized spacial score (nSPS) is 10.5. The van der Waals surface area contributed by atoms with Crippen LogP contribution in [0.4, 0.5) is 17.6 Å². The van der Waals surface area contributed by atoms with E-state index in [-0.39, 0.29) is 0 Å². The van der Waals surface area contributed by atoms with Gasteiger partial charge in [0.25, 0.3) is 0 Å². The van der Waals surface area contributed by atoms with Crippen LogP contribution in [0.25, 0.3) is 0 Å². The summed E-state index contributed by atoms with van der Waals surface area (Å²) in [5.74, 6) is 2.55. The maximum absolute atomic E-state index is 5.02. The first-order valence-corrected chi connectivity index (χ1v) is 6.89. The summed E-state index contributed by atoms with van der Waals surface area (Å²) in [7, 11) is 0. The van der Waals surface area contributed by atoms with Gasteiger partial charge in [0.15, 0.2) is 5.82 Å². The van der Waals surface area contributed by atoms with Gasteiger partial charge < -0.3 is 15.2 Å². The number of anilines is 3. The average Bonchev–Trinajstić information content (AvgIpc) is 2.91. The van der Waals surface area contributed by atoms with Gasteiger partial charge in [-0.2, -0.15) is 4.98 Å². The minimum absolute atomic E-state index is 0.536. The quantitative estimate of drug-likeness (QED) is 0.748. The molecular formula is C15H16N6O. The first kappa shape index (κ1) is 14.0. The molecule has 0 aliphatic rings. The topological polar surface area (TPSA) is 88.8 Å². The molecule has 0 aliphatic heterocycles. The molecule has 0 spiro atoms. The van der Waals surface area contributed by atoms with Crippen LogP contribution in [0.3, 0.4) is 0 Å². The zero-order valence-electron chi connectivity index (χ0n) is 12.4. The Labute approximate surface area is 127 Å². The van der Waals surface area contributed by atoms with Crippen LogP contribution in [0.5, 0.6) is 0 Å². The van der Waals surface area contributed by atoms with Gasteiger partial charge in [-0.05, 0) is 26.0 Å². The molecule has 0 bridgehead atoms. The lowest BCUT2D eigenvalue weighted by atomic mass is 10.3. The van der Waals surface area contributed by atoms with Crippen molar-refractivity contribution in [2.45, 2.75) is 20.4 Å². The third kappa shape index (κ3) is 3.57. The highest BCUT2D eigenvalue weighted by molar-refractivity contribution is 5.53. The molecule has 112 valence electrons. The van der Waals surface area contributed by atoms with Crippen molar-refractivity contribution in [3.05, 3.63) is 53.7 Å². The molecule has 3 rings (SSSR count).